The van der Waals surface area contributed by atoms with Crippen molar-refractivity contribution >= 4 is 11.9 Å². The molecule has 0 aromatic heterocycles. The van der Waals surface area contributed by atoms with Crippen LogP contribution in [0.1, 0.15) is 6.92 Å². The largest absolute Gasteiger partial charge is 0.473 e. The number of carboxylic acids is 2. The monoisotopic (exact) mass is 229 g/mol. The van der Waals surface area contributed by atoms with Crippen molar-refractivity contribution in [1.29, 1.82) is 0 Å². The fourth-order valence-electron chi connectivity index (χ4n) is 0. The van der Waals surface area contributed by atoms with Crippen LogP contribution in [0.25, 0.3) is 0 Å². The van der Waals surface area contributed by atoms with Gasteiger partial charge in [-0.25, -0.2) is 9.59 Å². The zero-order valence-corrected chi connectivity index (χ0v) is 7.51. The summed E-state index contributed by atoms with van der Waals surface area (Å²) in [6.07, 6.45) is 0. The summed E-state index contributed by atoms with van der Waals surface area (Å²) in [5.41, 5.74) is 0. The number of aliphatic carboxylic acids is 2. The quantitative estimate of drug-likeness (QED) is 0.371. The van der Waals surface area contributed by atoms with Crippen LogP contribution in [-0.4, -0.2) is 33.9 Å². The molecule has 3 N–H and O–H groups in total. The van der Waals surface area contributed by atoms with Gasteiger partial charge >= 0.3 is 11.9 Å². The number of aliphatic hydroxyl groups excluding tert-OH is 1. The van der Waals surface area contributed by atoms with Crippen molar-refractivity contribution in [2.45, 2.75) is 6.92 Å². The van der Waals surface area contributed by atoms with Crippen molar-refractivity contribution in [3.05, 3.63) is 0 Å². The van der Waals surface area contributed by atoms with Gasteiger partial charge in [-0.3, -0.25) is 0 Å². The maximum absolute atomic E-state index is 9.10. The summed E-state index contributed by atoms with van der Waals surface area (Å²) >= 11 is 0. The molecule has 0 unspecified atom stereocenters. The van der Waals surface area contributed by atoms with E-state index < -0.39 is 11.9 Å². The number of hydrogen-bond acceptors (Lipinski definition) is 3. The molecule has 0 aliphatic heterocycles. The smallest absolute Gasteiger partial charge is 0.414 e. The Hall–Kier alpha value is -0.360. The molecule has 0 aromatic rings. The second-order valence-corrected chi connectivity index (χ2v) is 0.927. The molecule has 0 aromatic carbocycles. The molecule has 0 rings (SSSR count). The Morgan fingerprint density at radius 2 is 1.30 bits per heavy atom. The van der Waals surface area contributed by atoms with Gasteiger partial charge in [0.05, 0.1) is 0 Å². The van der Waals surface area contributed by atoms with Crippen LogP contribution in [-0.2, 0) is 32.0 Å². The summed E-state index contributed by atoms with van der Waals surface area (Å²) in [7, 11) is 0. The molecule has 0 heterocycles. The molecule has 0 bridgehead atoms. The summed E-state index contributed by atoms with van der Waals surface area (Å²) in [5, 5.41) is 22.4. The molecule has 5 nitrogen and oxygen atoms in total. The van der Waals surface area contributed by atoms with Crippen LogP contribution in [0.4, 0.5) is 0 Å². The van der Waals surface area contributed by atoms with Crippen LogP contribution in [0.3, 0.4) is 0 Å². The predicted octanol–water partition coefficient (Wildman–Crippen LogP) is -0.848. The zero-order chi connectivity index (χ0) is 7.86. The second kappa shape index (κ2) is 11.4. The molecule has 0 fully saturated rings. The Labute approximate surface area is 73.2 Å². The van der Waals surface area contributed by atoms with Gasteiger partial charge < -0.3 is 15.3 Å². The first-order chi connectivity index (χ1) is 4.06. The van der Waals surface area contributed by atoms with Gasteiger partial charge in [-0.15, -0.1) is 0 Å². The second-order valence-electron chi connectivity index (χ2n) is 0.927. The average Bonchev–Trinajstić information content (AvgIpc) is 1.68. The van der Waals surface area contributed by atoms with E-state index in [1.54, 1.807) is 6.92 Å². The molecular formula is C4H8NbO5. The Bertz CT molecular complexity index is 89.8. The molecule has 0 aliphatic rings. The van der Waals surface area contributed by atoms with Gasteiger partial charge in [0, 0.05) is 29.0 Å². The molecule has 0 spiro atoms. The standard InChI is InChI=1S/C2H2O4.C2H6O.Nb/c3-1(4)2(5)6;1-2-3;/h(H,3,4)(H,5,6);3H,2H2,1H3;. The van der Waals surface area contributed by atoms with E-state index in [1.807, 2.05) is 0 Å². The van der Waals surface area contributed by atoms with Crippen molar-refractivity contribution in [3.8, 4) is 0 Å². The molecule has 1 radical (unpaired) electrons. The number of carboxylic acid groups (broad SMARTS) is 2. The van der Waals surface area contributed by atoms with E-state index in [4.69, 9.17) is 24.9 Å². The number of aliphatic hydroxyl groups is 1. The summed E-state index contributed by atoms with van der Waals surface area (Å²) in [5.74, 6) is -3.65. The van der Waals surface area contributed by atoms with E-state index in [9.17, 15) is 0 Å². The molecule has 0 saturated heterocycles. The zero-order valence-electron chi connectivity index (χ0n) is 5.31. The molecule has 0 aliphatic carbocycles. The molecule has 59 valence electrons. The van der Waals surface area contributed by atoms with E-state index in [1.165, 1.54) is 0 Å². The van der Waals surface area contributed by atoms with Gasteiger partial charge in [0.15, 0.2) is 0 Å². The third kappa shape index (κ3) is 25.4. The van der Waals surface area contributed by atoms with Crippen molar-refractivity contribution in [1.82, 2.24) is 0 Å². The first-order valence-electron chi connectivity index (χ1n) is 2.13. The SMILES string of the molecule is CCO.O=C(O)C(=O)O.[Nb]. The van der Waals surface area contributed by atoms with Gasteiger partial charge in [-0.2, -0.15) is 0 Å². The maximum Gasteiger partial charge on any atom is 0.414 e. The fraction of sp³-hybridized carbons (Fsp3) is 0.500. The third-order valence-electron chi connectivity index (χ3n) is 0.183. The third-order valence-corrected chi connectivity index (χ3v) is 0.183. The Balaban J connectivity index is -0.000000107. The average molecular weight is 229 g/mol. The fourth-order valence-corrected chi connectivity index (χ4v) is 0. The van der Waals surface area contributed by atoms with Crippen molar-refractivity contribution in [2.24, 2.45) is 0 Å². The number of rotatable bonds is 0. The number of hydrogen-bond donors (Lipinski definition) is 3. The van der Waals surface area contributed by atoms with E-state index in [2.05, 4.69) is 0 Å². The molecular weight excluding hydrogens is 221 g/mol. The van der Waals surface area contributed by atoms with Gasteiger partial charge in [0.2, 0.25) is 0 Å². The van der Waals surface area contributed by atoms with Crippen LogP contribution in [0, 0.1) is 0 Å². The van der Waals surface area contributed by atoms with E-state index in [0.29, 0.717) is 0 Å². The maximum atomic E-state index is 9.10. The summed E-state index contributed by atoms with van der Waals surface area (Å²) in [6, 6.07) is 0. The van der Waals surface area contributed by atoms with Gasteiger partial charge in [-0.05, 0) is 6.92 Å². The normalized spacial score (nSPS) is 6.20. The van der Waals surface area contributed by atoms with Crippen molar-refractivity contribution in [2.75, 3.05) is 6.61 Å². The minimum Gasteiger partial charge on any atom is -0.473 e. The van der Waals surface area contributed by atoms with E-state index in [-0.39, 0.29) is 29.0 Å². The summed E-state index contributed by atoms with van der Waals surface area (Å²) < 4.78 is 0. The van der Waals surface area contributed by atoms with Gasteiger partial charge in [0.1, 0.15) is 0 Å². The van der Waals surface area contributed by atoms with Crippen LogP contribution < -0.4 is 0 Å². The molecule has 6 heteroatoms. The van der Waals surface area contributed by atoms with Crippen LogP contribution >= 0.6 is 0 Å². The summed E-state index contributed by atoms with van der Waals surface area (Å²) in [4.78, 5) is 18.2. The minimum absolute atomic E-state index is 0. The van der Waals surface area contributed by atoms with Gasteiger partial charge in [0.25, 0.3) is 0 Å². The topological polar surface area (TPSA) is 94.8 Å². The number of carbonyl (C=O) groups is 2. The Morgan fingerprint density at radius 3 is 1.30 bits per heavy atom. The van der Waals surface area contributed by atoms with E-state index >= 15 is 0 Å². The minimum atomic E-state index is -1.82. The summed E-state index contributed by atoms with van der Waals surface area (Å²) in [6.45, 7) is 1.93. The Kier molecular flexibility index (Phi) is 18.7. The molecule has 10 heavy (non-hydrogen) atoms. The molecule has 0 amide bonds. The van der Waals surface area contributed by atoms with Crippen molar-refractivity contribution in [3.63, 3.8) is 0 Å². The Morgan fingerprint density at radius 1 is 1.20 bits per heavy atom. The van der Waals surface area contributed by atoms with E-state index in [0.717, 1.165) is 0 Å². The van der Waals surface area contributed by atoms with Crippen LogP contribution in [0.2, 0.25) is 0 Å². The van der Waals surface area contributed by atoms with Gasteiger partial charge in [-0.1, -0.05) is 0 Å². The first-order valence-corrected chi connectivity index (χ1v) is 2.13. The first kappa shape index (κ1) is 16.3. The molecule has 0 atom stereocenters. The predicted molar refractivity (Wildman–Crippen MR) is 28.0 cm³/mol. The molecule has 0 saturated carbocycles. The van der Waals surface area contributed by atoms with Crippen molar-refractivity contribution < 1.29 is 47.3 Å². The van der Waals surface area contributed by atoms with Crippen LogP contribution in [0.15, 0.2) is 0 Å². The van der Waals surface area contributed by atoms with Crippen LogP contribution in [0.5, 0.6) is 0 Å².